The van der Waals surface area contributed by atoms with E-state index in [2.05, 4.69) is 4.90 Å². The van der Waals surface area contributed by atoms with Gasteiger partial charge in [-0.2, -0.15) is 0 Å². The predicted molar refractivity (Wildman–Crippen MR) is 60.0 cm³/mol. The van der Waals surface area contributed by atoms with E-state index in [-0.39, 0.29) is 23.5 Å². The molecule has 2 fully saturated rings. The summed E-state index contributed by atoms with van der Waals surface area (Å²) in [7, 11) is -2.81. The zero-order valence-electron chi connectivity index (χ0n) is 9.39. The van der Waals surface area contributed by atoms with Crippen molar-refractivity contribution in [2.24, 2.45) is 5.41 Å². The van der Waals surface area contributed by atoms with E-state index in [1.54, 1.807) is 0 Å². The van der Waals surface area contributed by atoms with Gasteiger partial charge >= 0.3 is 0 Å². The van der Waals surface area contributed by atoms with E-state index >= 15 is 0 Å². The average molecular weight is 249 g/mol. The van der Waals surface area contributed by atoms with E-state index in [9.17, 15) is 13.5 Å². The molecular formula is C10H19NO4S. The van der Waals surface area contributed by atoms with Crippen LogP contribution >= 0.6 is 0 Å². The number of hydrogen-bond donors (Lipinski definition) is 1. The minimum Gasteiger partial charge on any atom is -0.396 e. The van der Waals surface area contributed by atoms with Gasteiger partial charge in [-0.15, -0.1) is 0 Å². The van der Waals surface area contributed by atoms with E-state index in [1.165, 1.54) is 0 Å². The Morgan fingerprint density at radius 1 is 1.31 bits per heavy atom. The van der Waals surface area contributed by atoms with E-state index in [0.29, 0.717) is 26.3 Å². The first kappa shape index (κ1) is 12.3. The van der Waals surface area contributed by atoms with Gasteiger partial charge in [0.15, 0.2) is 9.84 Å². The van der Waals surface area contributed by atoms with Gasteiger partial charge in [-0.25, -0.2) is 8.42 Å². The predicted octanol–water partition coefficient (Wildman–Crippen LogP) is -0.884. The molecule has 0 saturated carbocycles. The molecule has 2 rings (SSSR count). The molecule has 0 spiro atoms. The summed E-state index contributed by atoms with van der Waals surface area (Å²) < 4.78 is 27.9. The lowest BCUT2D eigenvalue weighted by Gasteiger charge is -2.34. The second kappa shape index (κ2) is 4.60. The Morgan fingerprint density at radius 3 is 2.50 bits per heavy atom. The van der Waals surface area contributed by atoms with Gasteiger partial charge in [0.2, 0.25) is 0 Å². The molecule has 0 radical (unpaired) electrons. The highest BCUT2D eigenvalue weighted by Crippen LogP contribution is 2.29. The zero-order chi connectivity index (χ0) is 11.6. The van der Waals surface area contributed by atoms with Crippen LogP contribution < -0.4 is 0 Å². The van der Waals surface area contributed by atoms with E-state index in [4.69, 9.17) is 4.74 Å². The van der Waals surface area contributed by atoms with Crippen LogP contribution in [-0.2, 0) is 14.6 Å². The van der Waals surface area contributed by atoms with Crippen molar-refractivity contribution in [1.29, 1.82) is 0 Å². The van der Waals surface area contributed by atoms with Crippen LogP contribution in [0.25, 0.3) is 0 Å². The van der Waals surface area contributed by atoms with Crippen molar-refractivity contribution in [3.05, 3.63) is 0 Å². The van der Waals surface area contributed by atoms with Crippen LogP contribution in [0.2, 0.25) is 0 Å². The summed E-state index contributed by atoms with van der Waals surface area (Å²) in [5, 5.41) is 9.42. The van der Waals surface area contributed by atoms with Crippen LogP contribution in [0.5, 0.6) is 0 Å². The molecule has 1 atom stereocenters. The molecule has 0 bridgehead atoms. The minimum atomic E-state index is -2.81. The lowest BCUT2D eigenvalue weighted by molar-refractivity contribution is 0.0594. The average Bonchev–Trinajstić information content (AvgIpc) is 2.71. The summed E-state index contributed by atoms with van der Waals surface area (Å²) in [6.07, 6.45) is 0.868. The molecule has 0 aliphatic carbocycles. The van der Waals surface area contributed by atoms with Gasteiger partial charge in [-0.1, -0.05) is 0 Å². The summed E-state index contributed by atoms with van der Waals surface area (Å²) in [5.41, 5.74) is -0.166. The fourth-order valence-electron chi connectivity index (χ4n) is 2.33. The summed E-state index contributed by atoms with van der Waals surface area (Å²) in [6.45, 7) is 3.34. The van der Waals surface area contributed by atoms with Crippen LogP contribution in [0.4, 0.5) is 0 Å². The maximum atomic E-state index is 11.3. The standard InChI is InChI=1S/C10H19NO4S/c12-8-10(1-4-15-9-10)7-11-2-5-16(13,14)6-3-11/h12H,1-9H2. The molecule has 5 nitrogen and oxygen atoms in total. The SMILES string of the molecule is O=S1(=O)CCN(CC2(CO)CCOC2)CC1. The highest BCUT2D eigenvalue weighted by Gasteiger charge is 2.37. The van der Waals surface area contributed by atoms with Gasteiger partial charge in [-0.3, -0.25) is 0 Å². The van der Waals surface area contributed by atoms with Gasteiger partial charge in [0.25, 0.3) is 0 Å². The van der Waals surface area contributed by atoms with E-state index < -0.39 is 9.84 Å². The first-order valence-electron chi connectivity index (χ1n) is 5.67. The maximum Gasteiger partial charge on any atom is 0.152 e. The summed E-state index contributed by atoms with van der Waals surface area (Å²) in [4.78, 5) is 2.13. The molecule has 2 saturated heterocycles. The molecule has 16 heavy (non-hydrogen) atoms. The van der Waals surface area contributed by atoms with Gasteiger partial charge in [-0.05, 0) is 6.42 Å². The Labute approximate surface area is 96.3 Å². The van der Waals surface area contributed by atoms with Gasteiger partial charge in [0, 0.05) is 31.7 Å². The van der Waals surface area contributed by atoms with Gasteiger partial charge in [0.05, 0.1) is 24.7 Å². The highest BCUT2D eigenvalue weighted by molar-refractivity contribution is 7.91. The molecule has 2 heterocycles. The number of nitrogens with zero attached hydrogens (tertiary/aromatic N) is 1. The topological polar surface area (TPSA) is 66.8 Å². The van der Waals surface area contributed by atoms with E-state index in [1.807, 2.05) is 0 Å². The van der Waals surface area contributed by atoms with Crippen molar-refractivity contribution in [1.82, 2.24) is 4.90 Å². The number of ether oxygens (including phenoxy) is 1. The van der Waals surface area contributed by atoms with Crippen molar-refractivity contribution in [2.45, 2.75) is 6.42 Å². The number of hydrogen-bond acceptors (Lipinski definition) is 5. The normalized spacial score (nSPS) is 35.3. The second-order valence-electron chi connectivity index (χ2n) is 4.89. The quantitative estimate of drug-likeness (QED) is 0.703. The van der Waals surface area contributed by atoms with Gasteiger partial charge < -0.3 is 14.7 Å². The third kappa shape index (κ3) is 2.74. The first-order chi connectivity index (χ1) is 7.55. The van der Waals surface area contributed by atoms with Crippen LogP contribution in [0, 0.1) is 5.41 Å². The Hall–Kier alpha value is -0.170. The van der Waals surface area contributed by atoms with E-state index in [0.717, 1.165) is 13.0 Å². The van der Waals surface area contributed by atoms with Crippen LogP contribution in [0.1, 0.15) is 6.42 Å². The largest absolute Gasteiger partial charge is 0.396 e. The summed E-state index contributed by atoms with van der Waals surface area (Å²) in [5.74, 6) is 0.491. The van der Waals surface area contributed by atoms with Crippen molar-refractivity contribution in [3.63, 3.8) is 0 Å². The fourth-order valence-corrected chi connectivity index (χ4v) is 3.61. The molecule has 2 aliphatic rings. The molecule has 6 heteroatoms. The van der Waals surface area contributed by atoms with Crippen molar-refractivity contribution in [3.8, 4) is 0 Å². The molecule has 1 unspecified atom stereocenters. The summed E-state index contributed by atoms with van der Waals surface area (Å²) >= 11 is 0. The number of aliphatic hydroxyl groups excluding tert-OH is 1. The fraction of sp³-hybridized carbons (Fsp3) is 1.00. The molecule has 2 aliphatic heterocycles. The zero-order valence-corrected chi connectivity index (χ0v) is 10.2. The van der Waals surface area contributed by atoms with Crippen molar-refractivity contribution >= 4 is 9.84 Å². The molecule has 1 N–H and O–H groups in total. The maximum absolute atomic E-state index is 11.3. The molecule has 0 aromatic carbocycles. The number of aliphatic hydroxyl groups is 1. The van der Waals surface area contributed by atoms with Crippen LogP contribution in [0.15, 0.2) is 0 Å². The molecule has 0 aromatic heterocycles. The lowest BCUT2D eigenvalue weighted by Crippen LogP contribution is -2.47. The van der Waals surface area contributed by atoms with Crippen LogP contribution in [0.3, 0.4) is 0 Å². The Kier molecular flexibility index (Phi) is 3.53. The Bertz CT molecular complexity index is 321. The Morgan fingerprint density at radius 2 is 2.00 bits per heavy atom. The lowest BCUT2D eigenvalue weighted by atomic mass is 9.87. The number of rotatable bonds is 3. The number of sulfone groups is 1. The summed E-state index contributed by atoms with van der Waals surface area (Å²) in [6, 6.07) is 0. The molecule has 0 aromatic rings. The smallest absolute Gasteiger partial charge is 0.152 e. The third-order valence-electron chi connectivity index (χ3n) is 3.52. The monoisotopic (exact) mass is 249 g/mol. The minimum absolute atomic E-state index is 0.121. The van der Waals surface area contributed by atoms with Crippen molar-refractivity contribution < 1.29 is 18.3 Å². The van der Waals surface area contributed by atoms with Gasteiger partial charge in [0.1, 0.15) is 0 Å². The van der Waals surface area contributed by atoms with Crippen LogP contribution in [-0.4, -0.2) is 69.4 Å². The molecule has 0 amide bonds. The molecular weight excluding hydrogens is 230 g/mol. The highest BCUT2D eigenvalue weighted by atomic mass is 32.2. The van der Waals surface area contributed by atoms with Crippen molar-refractivity contribution in [2.75, 3.05) is 51.0 Å². The third-order valence-corrected chi connectivity index (χ3v) is 5.13. The molecule has 94 valence electrons. The second-order valence-corrected chi connectivity index (χ2v) is 7.19. The first-order valence-corrected chi connectivity index (χ1v) is 7.49. The Balaban J connectivity index is 1.90.